The first kappa shape index (κ1) is 14.4. The molecule has 1 fully saturated rings. The second-order valence-electron chi connectivity index (χ2n) is 4.93. The second kappa shape index (κ2) is 6.45. The van der Waals surface area contributed by atoms with E-state index in [0.29, 0.717) is 24.7 Å². The molecule has 2 rings (SSSR count). The summed E-state index contributed by atoms with van der Waals surface area (Å²) in [6, 6.07) is 0. The van der Waals surface area contributed by atoms with Crippen molar-refractivity contribution in [1.82, 2.24) is 15.5 Å². The van der Waals surface area contributed by atoms with Crippen LogP contribution in [-0.4, -0.2) is 42.5 Å². The van der Waals surface area contributed by atoms with E-state index in [9.17, 15) is 0 Å². The molecule has 0 spiro atoms. The van der Waals surface area contributed by atoms with Crippen LogP contribution in [-0.2, 0) is 21.5 Å². The van der Waals surface area contributed by atoms with Crippen LogP contribution in [0.2, 0.25) is 0 Å². The fourth-order valence-corrected chi connectivity index (χ4v) is 2.14. The van der Waals surface area contributed by atoms with Gasteiger partial charge in [0.25, 0.3) is 0 Å². The van der Waals surface area contributed by atoms with Gasteiger partial charge in [-0.05, 0) is 20.3 Å². The largest absolute Gasteiger partial charge is 0.375 e. The first-order valence-electron chi connectivity index (χ1n) is 6.97. The van der Waals surface area contributed by atoms with Gasteiger partial charge in [0.15, 0.2) is 0 Å². The highest BCUT2D eigenvalue weighted by Gasteiger charge is 2.31. The van der Waals surface area contributed by atoms with Crippen LogP contribution >= 0.6 is 0 Å². The quantitative estimate of drug-likeness (QED) is 0.838. The van der Waals surface area contributed by atoms with E-state index in [4.69, 9.17) is 14.0 Å². The molecule has 19 heavy (non-hydrogen) atoms. The van der Waals surface area contributed by atoms with Gasteiger partial charge < -0.3 is 19.3 Å². The zero-order chi connectivity index (χ0) is 13.7. The van der Waals surface area contributed by atoms with Gasteiger partial charge in [0.2, 0.25) is 11.7 Å². The topological polar surface area (TPSA) is 69.4 Å². The summed E-state index contributed by atoms with van der Waals surface area (Å²) in [5, 5.41) is 7.34. The van der Waals surface area contributed by atoms with Crippen molar-refractivity contribution in [1.29, 1.82) is 0 Å². The molecule has 0 aliphatic carbocycles. The maximum Gasteiger partial charge on any atom is 0.229 e. The normalized spacial score (nSPS) is 23.2. The molecule has 0 amide bonds. The number of hydrogen-bond acceptors (Lipinski definition) is 6. The lowest BCUT2D eigenvalue weighted by molar-refractivity contribution is -0.0403. The third-order valence-electron chi connectivity index (χ3n) is 3.49. The molecule has 2 atom stereocenters. The molecule has 6 nitrogen and oxygen atoms in total. The third kappa shape index (κ3) is 3.52. The number of morpholine rings is 1. The Labute approximate surface area is 113 Å². The zero-order valence-electron chi connectivity index (χ0n) is 11.9. The molecule has 0 aromatic carbocycles. The lowest BCUT2D eigenvalue weighted by Gasteiger charge is -2.24. The molecule has 1 N–H and O–H groups in total. The summed E-state index contributed by atoms with van der Waals surface area (Å²) < 4.78 is 16.7. The van der Waals surface area contributed by atoms with E-state index >= 15 is 0 Å². The van der Waals surface area contributed by atoms with Crippen molar-refractivity contribution in [2.24, 2.45) is 0 Å². The minimum absolute atomic E-state index is 0.113. The van der Waals surface area contributed by atoms with Crippen LogP contribution in [0, 0.1) is 0 Å². The highest BCUT2D eigenvalue weighted by molar-refractivity contribution is 5.00. The molecule has 0 bridgehead atoms. The molecule has 1 aromatic rings. The summed E-state index contributed by atoms with van der Waals surface area (Å²) in [6.45, 7) is 9.11. The molecule has 0 saturated carbocycles. The molecular formula is C13H23N3O3. The van der Waals surface area contributed by atoms with E-state index in [1.807, 2.05) is 13.8 Å². The van der Waals surface area contributed by atoms with E-state index in [1.165, 1.54) is 0 Å². The Morgan fingerprint density at radius 1 is 1.47 bits per heavy atom. The SMILES string of the molecule is CCOC(C)(CC)c1noc(CC2CNCCO2)n1. The summed E-state index contributed by atoms with van der Waals surface area (Å²) in [5.41, 5.74) is -0.470. The van der Waals surface area contributed by atoms with Crippen molar-refractivity contribution in [2.45, 2.75) is 45.3 Å². The number of hydrogen-bond donors (Lipinski definition) is 1. The van der Waals surface area contributed by atoms with Gasteiger partial charge in [-0.3, -0.25) is 0 Å². The van der Waals surface area contributed by atoms with Crippen LogP contribution in [0.4, 0.5) is 0 Å². The van der Waals surface area contributed by atoms with Gasteiger partial charge in [-0.1, -0.05) is 12.1 Å². The van der Waals surface area contributed by atoms with Crippen molar-refractivity contribution in [3.63, 3.8) is 0 Å². The van der Waals surface area contributed by atoms with Crippen molar-refractivity contribution in [3.05, 3.63) is 11.7 Å². The molecule has 1 aromatic heterocycles. The predicted molar refractivity (Wildman–Crippen MR) is 69.9 cm³/mol. The molecular weight excluding hydrogens is 246 g/mol. The van der Waals surface area contributed by atoms with Crippen LogP contribution < -0.4 is 5.32 Å². The number of rotatable bonds is 6. The van der Waals surface area contributed by atoms with Gasteiger partial charge in [-0.15, -0.1) is 0 Å². The Hall–Kier alpha value is -0.980. The lowest BCUT2D eigenvalue weighted by Crippen LogP contribution is -2.39. The number of nitrogens with one attached hydrogen (secondary N) is 1. The third-order valence-corrected chi connectivity index (χ3v) is 3.49. The van der Waals surface area contributed by atoms with E-state index in [0.717, 1.165) is 26.1 Å². The highest BCUT2D eigenvalue weighted by Crippen LogP contribution is 2.26. The van der Waals surface area contributed by atoms with E-state index in [-0.39, 0.29) is 6.10 Å². The molecule has 0 radical (unpaired) electrons. The maximum absolute atomic E-state index is 5.74. The Morgan fingerprint density at radius 3 is 2.95 bits per heavy atom. The van der Waals surface area contributed by atoms with Crippen LogP contribution in [0.1, 0.15) is 38.9 Å². The van der Waals surface area contributed by atoms with Crippen LogP contribution in [0.3, 0.4) is 0 Å². The van der Waals surface area contributed by atoms with Gasteiger partial charge >= 0.3 is 0 Å². The fraction of sp³-hybridized carbons (Fsp3) is 0.846. The lowest BCUT2D eigenvalue weighted by atomic mass is 10.0. The van der Waals surface area contributed by atoms with E-state index < -0.39 is 5.60 Å². The standard InChI is InChI=1S/C13H23N3O3/c1-4-13(3,18-5-2)12-15-11(19-16-12)8-10-9-14-6-7-17-10/h10,14H,4-9H2,1-3H3. The molecule has 2 heterocycles. The smallest absolute Gasteiger partial charge is 0.229 e. The van der Waals surface area contributed by atoms with Gasteiger partial charge in [0.05, 0.1) is 19.1 Å². The molecule has 6 heteroatoms. The van der Waals surface area contributed by atoms with Crippen LogP contribution in [0.25, 0.3) is 0 Å². The van der Waals surface area contributed by atoms with Crippen LogP contribution in [0.5, 0.6) is 0 Å². The van der Waals surface area contributed by atoms with Gasteiger partial charge in [-0.25, -0.2) is 0 Å². The number of aromatic nitrogens is 2. The Bertz CT molecular complexity index is 390. The Kier molecular flexibility index (Phi) is 4.90. The van der Waals surface area contributed by atoms with Crippen molar-refractivity contribution in [2.75, 3.05) is 26.3 Å². The minimum Gasteiger partial charge on any atom is -0.375 e. The summed E-state index contributed by atoms with van der Waals surface area (Å²) in [7, 11) is 0. The average molecular weight is 269 g/mol. The highest BCUT2D eigenvalue weighted by atomic mass is 16.5. The van der Waals surface area contributed by atoms with Gasteiger partial charge in [0, 0.05) is 19.7 Å². The summed E-state index contributed by atoms with van der Waals surface area (Å²) in [6.07, 6.45) is 1.56. The Balaban J connectivity index is 2.01. The van der Waals surface area contributed by atoms with Gasteiger partial charge in [0.1, 0.15) is 5.60 Å². The summed E-state index contributed by atoms with van der Waals surface area (Å²) in [4.78, 5) is 4.46. The predicted octanol–water partition coefficient (Wildman–Crippen LogP) is 1.26. The van der Waals surface area contributed by atoms with Crippen LogP contribution in [0.15, 0.2) is 4.52 Å². The summed E-state index contributed by atoms with van der Waals surface area (Å²) in [5.74, 6) is 1.23. The monoisotopic (exact) mass is 269 g/mol. The number of ether oxygens (including phenoxy) is 2. The molecule has 1 saturated heterocycles. The van der Waals surface area contributed by atoms with Gasteiger partial charge in [-0.2, -0.15) is 4.98 Å². The fourth-order valence-electron chi connectivity index (χ4n) is 2.14. The second-order valence-corrected chi connectivity index (χ2v) is 4.93. The Morgan fingerprint density at radius 2 is 2.32 bits per heavy atom. The molecule has 108 valence electrons. The zero-order valence-corrected chi connectivity index (χ0v) is 11.9. The minimum atomic E-state index is -0.470. The van der Waals surface area contributed by atoms with Crippen molar-refractivity contribution < 1.29 is 14.0 Å². The number of nitrogens with zero attached hydrogens (tertiary/aromatic N) is 2. The molecule has 1 aliphatic rings. The molecule has 2 unspecified atom stereocenters. The van der Waals surface area contributed by atoms with Crippen molar-refractivity contribution in [3.8, 4) is 0 Å². The average Bonchev–Trinajstić information content (AvgIpc) is 2.89. The van der Waals surface area contributed by atoms with E-state index in [1.54, 1.807) is 0 Å². The van der Waals surface area contributed by atoms with E-state index in [2.05, 4.69) is 22.4 Å². The maximum atomic E-state index is 5.74. The summed E-state index contributed by atoms with van der Waals surface area (Å²) >= 11 is 0. The molecule has 1 aliphatic heterocycles. The first-order valence-corrected chi connectivity index (χ1v) is 6.97. The van der Waals surface area contributed by atoms with Crippen molar-refractivity contribution >= 4 is 0 Å². The first-order chi connectivity index (χ1) is 9.18.